The Hall–Kier alpha value is -1.35. The number of carbonyl (C=O) groups excluding carboxylic acids is 1. The van der Waals surface area contributed by atoms with Crippen LogP contribution in [0.2, 0.25) is 0 Å². The van der Waals surface area contributed by atoms with Gasteiger partial charge in [0, 0.05) is 6.42 Å². The second-order valence-corrected chi connectivity index (χ2v) is 4.27. The van der Waals surface area contributed by atoms with Gasteiger partial charge in [0.25, 0.3) is 0 Å². The molecular formula is C12H14O3. The zero-order valence-corrected chi connectivity index (χ0v) is 8.64. The van der Waals surface area contributed by atoms with Crippen LogP contribution in [-0.2, 0) is 9.53 Å². The molecule has 0 aliphatic carbocycles. The van der Waals surface area contributed by atoms with Crippen LogP contribution in [0.1, 0.15) is 31.4 Å². The van der Waals surface area contributed by atoms with Crippen molar-refractivity contribution in [2.45, 2.75) is 31.5 Å². The lowest BCUT2D eigenvalue weighted by molar-refractivity contribution is -0.168. The van der Waals surface area contributed by atoms with Crippen LogP contribution in [0.15, 0.2) is 30.3 Å². The van der Waals surface area contributed by atoms with Gasteiger partial charge in [-0.3, -0.25) is 4.79 Å². The number of rotatable bonds is 1. The van der Waals surface area contributed by atoms with Crippen molar-refractivity contribution < 1.29 is 14.6 Å². The minimum atomic E-state index is -0.949. The SMILES string of the molecule is CC1(O)CC(=O)OC(c2ccccc2)C1. The van der Waals surface area contributed by atoms with Crippen LogP contribution in [0, 0.1) is 0 Å². The van der Waals surface area contributed by atoms with E-state index < -0.39 is 5.60 Å². The molecule has 1 aliphatic heterocycles. The molecule has 1 fully saturated rings. The molecule has 2 atom stereocenters. The van der Waals surface area contributed by atoms with Gasteiger partial charge in [-0.15, -0.1) is 0 Å². The van der Waals surface area contributed by atoms with Crippen LogP contribution in [0.4, 0.5) is 0 Å². The summed E-state index contributed by atoms with van der Waals surface area (Å²) in [6, 6.07) is 9.50. The number of ether oxygens (including phenoxy) is 1. The van der Waals surface area contributed by atoms with E-state index in [2.05, 4.69) is 0 Å². The Morgan fingerprint density at radius 1 is 1.40 bits per heavy atom. The van der Waals surface area contributed by atoms with Crippen molar-refractivity contribution in [3.05, 3.63) is 35.9 Å². The Morgan fingerprint density at radius 2 is 2.07 bits per heavy atom. The van der Waals surface area contributed by atoms with E-state index in [-0.39, 0.29) is 18.5 Å². The summed E-state index contributed by atoms with van der Waals surface area (Å²) in [5.74, 6) is -0.333. The average molecular weight is 206 g/mol. The second-order valence-electron chi connectivity index (χ2n) is 4.27. The third kappa shape index (κ3) is 2.36. The van der Waals surface area contributed by atoms with Crippen molar-refractivity contribution in [2.75, 3.05) is 0 Å². The first-order valence-corrected chi connectivity index (χ1v) is 5.04. The minimum absolute atomic E-state index is 0.0797. The summed E-state index contributed by atoms with van der Waals surface area (Å²) in [4.78, 5) is 11.3. The van der Waals surface area contributed by atoms with Crippen molar-refractivity contribution in [1.82, 2.24) is 0 Å². The molecule has 1 aliphatic rings. The molecule has 0 radical (unpaired) electrons. The van der Waals surface area contributed by atoms with E-state index in [0.29, 0.717) is 6.42 Å². The van der Waals surface area contributed by atoms with Gasteiger partial charge in [0.15, 0.2) is 0 Å². The van der Waals surface area contributed by atoms with Gasteiger partial charge in [-0.2, -0.15) is 0 Å². The zero-order valence-electron chi connectivity index (χ0n) is 8.64. The predicted octanol–water partition coefficient (Wildman–Crippen LogP) is 1.82. The molecule has 1 heterocycles. The number of aliphatic hydroxyl groups is 1. The lowest BCUT2D eigenvalue weighted by Gasteiger charge is -2.33. The second kappa shape index (κ2) is 3.66. The summed E-state index contributed by atoms with van der Waals surface area (Å²) in [7, 11) is 0. The highest BCUT2D eigenvalue weighted by Gasteiger charge is 2.36. The molecule has 3 heteroatoms. The van der Waals surface area contributed by atoms with E-state index in [1.54, 1.807) is 6.92 Å². The van der Waals surface area contributed by atoms with Crippen molar-refractivity contribution in [3.63, 3.8) is 0 Å². The van der Waals surface area contributed by atoms with E-state index in [1.807, 2.05) is 30.3 Å². The summed E-state index contributed by atoms with van der Waals surface area (Å²) in [6.07, 6.45) is 0.224. The number of esters is 1. The van der Waals surface area contributed by atoms with Gasteiger partial charge >= 0.3 is 5.97 Å². The molecule has 0 aromatic heterocycles. The third-order valence-electron chi connectivity index (χ3n) is 2.60. The number of hydrogen-bond donors (Lipinski definition) is 1. The van der Waals surface area contributed by atoms with Crippen LogP contribution in [0.3, 0.4) is 0 Å². The quantitative estimate of drug-likeness (QED) is 0.713. The normalized spacial score (nSPS) is 31.1. The maximum Gasteiger partial charge on any atom is 0.309 e. The van der Waals surface area contributed by atoms with Gasteiger partial charge in [-0.25, -0.2) is 0 Å². The first kappa shape index (κ1) is 10.2. The Balaban J connectivity index is 2.20. The number of carbonyl (C=O) groups is 1. The Kier molecular flexibility index (Phi) is 2.49. The van der Waals surface area contributed by atoms with Gasteiger partial charge in [0.05, 0.1) is 12.0 Å². The molecule has 0 amide bonds. The third-order valence-corrected chi connectivity index (χ3v) is 2.60. The highest BCUT2D eigenvalue weighted by Crippen LogP contribution is 2.34. The topological polar surface area (TPSA) is 46.5 Å². The Labute approximate surface area is 88.7 Å². The molecule has 2 unspecified atom stereocenters. The van der Waals surface area contributed by atoms with E-state index in [0.717, 1.165) is 5.56 Å². The first-order chi connectivity index (χ1) is 7.07. The van der Waals surface area contributed by atoms with Crippen molar-refractivity contribution in [1.29, 1.82) is 0 Å². The van der Waals surface area contributed by atoms with Crippen LogP contribution in [0.25, 0.3) is 0 Å². The fraction of sp³-hybridized carbons (Fsp3) is 0.417. The highest BCUT2D eigenvalue weighted by atomic mass is 16.5. The summed E-state index contributed by atoms with van der Waals surface area (Å²) in [5, 5.41) is 9.88. The molecule has 80 valence electrons. The molecule has 0 saturated carbocycles. The van der Waals surface area contributed by atoms with Gasteiger partial charge in [-0.1, -0.05) is 30.3 Å². The van der Waals surface area contributed by atoms with Gasteiger partial charge in [0.1, 0.15) is 6.10 Å². The van der Waals surface area contributed by atoms with Gasteiger partial charge in [-0.05, 0) is 12.5 Å². The van der Waals surface area contributed by atoms with E-state index >= 15 is 0 Å². The Morgan fingerprint density at radius 3 is 2.67 bits per heavy atom. The van der Waals surface area contributed by atoms with Crippen LogP contribution in [0.5, 0.6) is 0 Å². The largest absolute Gasteiger partial charge is 0.457 e. The maximum atomic E-state index is 11.3. The van der Waals surface area contributed by atoms with E-state index in [9.17, 15) is 9.90 Å². The number of benzene rings is 1. The number of hydrogen-bond acceptors (Lipinski definition) is 3. The summed E-state index contributed by atoms with van der Waals surface area (Å²) < 4.78 is 5.21. The zero-order chi connectivity index (χ0) is 10.9. The smallest absolute Gasteiger partial charge is 0.309 e. The van der Waals surface area contributed by atoms with Gasteiger partial charge in [0.2, 0.25) is 0 Å². The summed E-state index contributed by atoms with van der Waals surface area (Å²) >= 11 is 0. The first-order valence-electron chi connectivity index (χ1n) is 5.04. The lowest BCUT2D eigenvalue weighted by Crippen LogP contribution is -2.37. The van der Waals surface area contributed by atoms with Crippen molar-refractivity contribution >= 4 is 5.97 Å². The van der Waals surface area contributed by atoms with E-state index in [1.165, 1.54) is 0 Å². The Bertz CT molecular complexity index is 356. The van der Waals surface area contributed by atoms with Crippen LogP contribution < -0.4 is 0 Å². The average Bonchev–Trinajstić information content (AvgIpc) is 2.16. The number of cyclic esters (lactones) is 1. The lowest BCUT2D eigenvalue weighted by atomic mass is 9.89. The molecule has 2 rings (SSSR count). The molecule has 0 bridgehead atoms. The van der Waals surface area contributed by atoms with Gasteiger partial charge < -0.3 is 9.84 Å². The molecule has 1 saturated heterocycles. The van der Waals surface area contributed by atoms with E-state index in [4.69, 9.17) is 4.74 Å². The predicted molar refractivity (Wildman–Crippen MR) is 55.1 cm³/mol. The molecule has 3 nitrogen and oxygen atoms in total. The van der Waals surface area contributed by atoms with Crippen molar-refractivity contribution in [2.24, 2.45) is 0 Å². The molecular weight excluding hydrogens is 192 g/mol. The molecule has 1 aromatic rings. The monoisotopic (exact) mass is 206 g/mol. The fourth-order valence-electron chi connectivity index (χ4n) is 1.88. The summed E-state index contributed by atoms with van der Waals surface area (Å²) in [6.45, 7) is 1.67. The maximum absolute atomic E-state index is 11.3. The molecule has 1 aromatic carbocycles. The standard InChI is InChI=1S/C12H14O3/c1-12(14)7-10(15-11(13)8-12)9-5-3-2-4-6-9/h2-6,10,14H,7-8H2,1H3. The highest BCUT2D eigenvalue weighted by molar-refractivity contribution is 5.72. The molecule has 15 heavy (non-hydrogen) atoms. The minimum Gasteiger partial charge on any atom is -0.457 e. The van der Waals surface area contributed by atoms with Crippen LogP contribution in [-0.4, -0.2) is 16.7 Å². The van der Waals surface area contributed by atoms with Crippen molar-refractivity contribution in [3.8, 4) is 0 Å². The summed E-state index contributed by atoms with van der Waals surface area (Å²) in [5.41, 5.74) is -0.0126. The molecule has 0 spiro atoms. The fourth-order valence-corrected chi connectivity index (χ4v) is 1.88. The van der Waals surface area contributed by atoms with Crippen LogP contribution >= 0.6 is 0 Å². The molecule has 1 N–H and O–H groups in total.